The Balaban J connectivity index is 5.03. The molecule has 0 saturated carbocycles. The summed E-state index contributed by atoms with van der Waals surface area (Å²) in [6.07, 6.45) is 11.3. The molecule has 0 aliphatic carbocycles. The first-order valence-corrected chi connectivity index (χ1v) is 17.6. The molecule has 156 valence electrons. The Bertz CT molecular complexity index is 277. The predicted molar refractivity (Wildman–Crippen MR) is 115 cm³/mol. The molecule has 0 aliphatic heterocycles. The molecule has 4 nitrogen and oxygen atoms in total. The van der Waals surface area contributed by atoms with Crippen LogP contribution >= 0.6 is 0 Å². The molecule has 0 spiro atoms. The molecule has 0 aromatic heterocycles. The third-order valence-corrected chi connectivity index (χ3v) is 14.7. The molecule has 0 N–H and O–H groups in total. The summed E-state index contributed by atoms with van der Waals surface area (Å²) in [6, 6.07) is 0. The normalized spacial score (nSPS) is 11.9. The van der Waals surface area contributed by atoms with Crippen molar-refractivity contribution in [1.82, 2.24) is 0 Å². The second-order valence-electron chi connectivity index (χ2n) is 7.18. The summed E-state index contributed by atoms with van der Waals surface area (Å²) in [5.41, 5.74) is 0. The van der Waals surface area contributed by atoms with Gasteiger partial charge in [0, 0.05) is 0 Å². The molecule has 0 heterocycles. The molecule has 0 rings (SSSR count). The standard InChI is InChI=1S/C8H18BO3.C4H9O.2C4H9.Sn/c1-3-5-7-11-9(10)12-8-6-4-2;1-2-3-4-5;2*1-3-4-2;/h3-8H2,1-2H3;2-4H2,1H3;2*1,3-4H2,2H3;/q2*-1;;;+2. The van der Waals surface area contributed by atoms with Crippen LogP contribution in [0.3, 0.4) is 0 Å². The summed E-state index contributed by atoms with van der Waals surface area (Å²) >= 11 is -3.19. The molecule has 0 aromatic rings. The molecule has 0 saturated heterocycles. The van der Waals surface area contributed by atoms with E-state index in [9.17, 15) is 0 Å². The van der Waals surface area contributed by atoms with Crippen LogP contribution in [0.15, 0.2) is 0 Å². The average Bonchev–Trinajstić information content (AvgIpc) is 2.65. The van der Waals surface area contributed by atoms with Gasteiger partial charge in [-0.2, -0.15) is 0 Å². The van der Waals surface area contributed by atoms with Crippen molar-refractivity contribution in [2.45, 2.75) is 108 Å². The molecule has 0 unspecified atom stereocenters. The van der Waals surface area contributed by atoms with Gasteiger partial charge in [-0.1, -0.05) is 0 Å². The van der Waals surface area contributed by atoms with Crippen molar-refractivity contribution < 1.29 is 15.4 Å². The van der Waals surface area contributed by atoms with Gasteiger partial charge in [0.15, 0.2) is 0 Å². The zero-order valence-electron chi connectivity index (χ0n) is 18.3. The molecule has 0 aromatic carbocycles. The third kappa shape index (κ3) is 13.8. The van der Waals surface area contributed by atoms with Crippen molar-refractivity contribution in [2.75, 3.05) is 19.8 Å². The Kier molecular flexibility index (Phi) is 19.6. The second kappa shape index (κ2) is 19.0. The first-order chi connectivity index (χ1) is 12.7. The van der Waals surface area contributed by atoms with Gasteiger partial charge in [-0.25, -0.2) is 0 Å². The fraction of sp³-hybridized carbons (Fsp3) is 1.00. The van der Waals surface area contributed by atoms with Crippen LogP contribution in [0.25, 0.3) is 0 Å². The first-order valence-electron chi connectivity index (χ1n) is 11.2. The minimum atomic E-state index is -3.19. The Morgan fingerprint density at radius 1 is 0.577 bits per heavy atom. The number of rotatable bonds is 20. The van der Waals surface area contributed by atoms with E-state index >= 15 is 0 Å². The minimum absolute atomic E-state index is 0.528. The fourth-order valence-corrected chi connectivity index (χ4v) is 13.0. The van der Waals surface area contributed by atoms with Crippen LogP contribution < -0.4 is 0 Å². The van der Waals surface area contributed by atoms with Crippen LogP contribution in [0.2, 0.25) is 8.87 Å². The van der Waals surface area contributed by atoms with Crippen LogP contribution in [-0.4, -0.2) is 46.3 Å². The molecule has 0 bridgehead atoms. The number of hydrogen-bond donors (Lipinski definition) is 0. The third-order valence-electron chi connectivity index (χ3n) is 4.50. The van der Waals surface area contributed by atoms with Crippen LogP contribution in [-0.2, 0) is 15.4 Å². The Labute approximate surface area is 169 Å². The SMILES string of the molecule is CCCCOB(OCCCC)[O][Sn]([CH2]CCC)([CH2]CCC)[O]CCCC. The van der Waals surface area contributed by atoms with E-state index in [1.165, 1.54) is 25.7 Å². The zero-order valence-corrected chi connectivity index (χ0v) is 21.2. The van der Waals surface area contributed by atoms with Crippen LogP contribution in [0, 0.1) is 0 Å². The summed E-state index contributed by atoms with van der Waals surface area (Å²) in [5.74, 6) is 0. The van der Waals surface area contributed by atoms with E-state index in [1.807, 2.05) is 0 Å². The number of hydrogen-bond acceptors (Lipinski definition) is 4. The van der Waals surface area contributed by atoms with E-state index in [0.717, 1.165) is 54.0 Å². The molecule has 0 atom stereocenters. The van der Waals surface area contributed by atoms with Crippen LogP contribution in [0.1, 0.15) is 98.8 Å². The van der Waals surface area contributed by atoms with Gasteiger partial charge in [-0.05, 0) is 0 Å². The summed E-state index contributed by atoms with van der Waals surface area (Å²) in [7, 11) is -0.528. The summed E-state index contributed by atoms with van der Waals surface area (Å²) in [6.45, 7) is 13.3. The average molecular weight is 479 g/mol. The Morgan fingerprint density at radius 3 is 1.42 bits per heavy atom. The van der Waals surface area contributed by atoms with Gasteiger partial charge in [0.05, 0.1) is 0 Å². The van der Waals surface area contributed by atoms with Crippen molar-refractivity contribution >= 4 is 26.5 Å². The van der Waals surface area contributed by atoms with E-state index in [-0.39, 0.29) is 0 Å². The van der Waals surface area contributed by atoms with E-state index in [2.05, 4.69) is 34.6 Å². The van der Waals surface area contributed by atoms with Gasteiger partial charge in [-0.15, -0.1) is 0 Å². The summed E-state index contributed by atoms with van der Waals surface area (Å²) < 4.78 is 27.4. The molecular formula is C20H45BO4Sn. The van der Waals surface area contributed by atoms with Crippen LogP contribution in [0.4, 0.5) is 0 Å². The van der Waals surface area contributed by atoms with Crippen molar-refractivity contribution in [1.29, 1.82) is 0 Å². The van der Waals surface area contributed by atoms with Gasteiger partial charge in [0.25, 0.3) is 0 Å². The van der Waals surface area contributed by atoms with Gasteiger partial charge < -0.3 is 0 Å². The molecular weight excluding hydrogens is 434 g/mol. The van der Waals surface area contributed by atoms with E-state index in [1.54, 1.807) is 0 Å². The summed E-state index contributed by atoms with van der Waals surface area (Å²) in [4.78, 5) is 0. The molecule has 0 aliphatic rings. The van der Waals surface area contributed by atoms with E-state index in [0.29, 0.717) is 13.2 Å². The molecule has 26 heavy (non-hydrogen) atoms. The van der Waals surface area contributed by atoms with Crippen molar-refractivity contribution in [3.63, 3.8) is 0 Å². The quantitative estimate of drug-likeness (QED) is 0.148. The molecule has 0 amide bonds. The fourth-order valence-electron chi connectivity index (χ4n) is 2.66. The van der Waals surface area contributed by atoms with Gasteiger partial charge in [0.1, 0.15) is 0 Å². The van der Waals surface area contributed by atoms with Crippen molar-refractivity contribution in [3.8, 4) is 0 Å². The predicted octanol–water partition coefficient (Wildman–Crippen LogP) is 6.48. The maximum atomic E-state index is 6.63. The van der Waals surface area contributed by atoms with Gasteiger partial charge >= 0.3 is 169 Å². The monoisotopic (exact) mass is 480 g/mol. The zero-order chi connectivity index (χ0) is 19.5. The molecule has 0 radical (unpaired) electrons. The van der Waals surface area contributed by atoms with E-state index < -0.39 is 26.5 Å². The van der Waals surface area contributed by atoms with Gasteiger partial charge in [-0.3, -0.25) is 0 Å². The molecule has 6 heteroatoms. The van der Waals surface area contributed by atoms with Crippen molar-refractivity contribution in [2.24, 2.45) is 0 Å². The maximum absolute atomic E-state index is 6.63. The Morgan fingerprint density at radius 2 is 1.00 bits per heavy atom. The number of unbranched alkanes of at least 4 members (excludes halogenated alkanes) is 5. The van der Waals surface area contributed by atoms with Gasteiger partial charge in [0.2, 0.25) is 0 Å². The molecule has 0 fully saturated rings. The topological polar surface area (TPSA) is 36.9 Å². The first kappa shape index (κ1) is 26.7. The van der Waals surface area contributed by atoms with Crippen LogP contribution in [0.5, 0.6) is 0 Å². The van der Waals surface area contributed by atoms with Crippen molar-refractivity contribution in [3.05, 3.63) is 0 Å². The second-order valence-corrected chi connectivity index (χ2v) is 16.7. The summed E-state index contributed by atoms with van der Waals surface area (Å²) in [5, 5.41) is 0. The van der Waals surface area contributed by atoms with E-state index in [4.69, 9.17) is 15.4 Å². The Hall–Kier alpha value is 0.704.